The van der Waals surface area contributed by atoms with Gasteiger partial charge in [-0.25, -0.2) is 0 Å². The summed E-state index contributed by atoms with van der Waals surface area (Å²) in [6.07, 6.45) is 5.33. The Kier molecular flexibility index (Phi) is 12.1. The van der Waals surface area contributed by atoms with E-state index in [2.05, 4.69) is 0 Å². The van der Waals surface area contributed by atoms with Crippen LogP contribution in [-0.2, 0) is 9.59 Å². The molecular weight excluding hydrogens is 347 g/mol. The number of unbranched alkanes of at least 4 members (excludes halogenated alkanes) is 2. The Morgan fingerprint density at radius 1 is 0.864 bits per heavy atom. The highest BCUT2D eigenvalue weighted by Crippen LogP contribution is 2.31. The summed E-state index contributed by atoms with van der Waals surface area (Å²) in [5.74, 6) is -1.77. The second-order valence-corrected chi connectivity index (χ2v) is 6.82. The van der Waals surface area contributed by atoms with Crippen LogP contribution in [0.15, 0.2) is 10.1 Å². The van der Waals surface area contributed by atoms with E-state index in [9.17, 15) is 14.7 Å². The van der Waals surface area contributed by atoms with Gasteiger partial charge in [-0.3, -0.25) is 9.59 Å². The lowest BCUT2D eigenvalue weighted by Crippen LogP contribution is -2.14. The zero-order valence-corrected chi connectivity index (χ0v) is 15.5. The third kappa shape index (κ3) is 9.02. The van der Waals surface area contributed by atoms with Crippen LogP contribution in [0.4, 0.5) is 0 Å². The van der Waals surface area contributed by atoms with Crippen molar-refractivity contribution in [3.63, 3.8) is 0 Å². The van der Waals surface area contributed by atoms with Crippen LogP contribution in [0.2, 0.25) is 0 Å². The molecule has 3 nitrogen and oxygen atoms in total. The highest BCUT2D eigenvalue weighted by atomic mass is 35.5. The van der Waals surface area contributed by atoms with Gasteiger partial charge in [-0.2, -0.15) is 0 Å². The predicted octanol–water partition coefficient (Wildman–Crippen LogP) is 5.92. The summed E-state index contributed by atoms with van der Waals surface area (Å²) in [5, 5.41) is 9.47. The van der Waals surface area contributed by atoms with E-state index in [1.807, 2.05) is 13.8 Å². The molecule has 2 unspecified atom stereocenters. The lowest BCUT2D eigenvalue weighted by Gasteiger charge is -2.15. The van der Waals surface area contributed by atoms with Crippen LogP contribution in [0.25, 0.3) is 0 Å². The minimum atomic E-state index is -0.869. The fourth-order valence-electron chi connectivity index (χ4n) is 2.16. The summed E-state index contributed by atoms with van der Waals surface area (Å²) in [7, 11) is 0. The number of aliphatic carboxylic acids is 1. The first-order valence-corrected chi connectivity index (χ1v) is 8.91. The van der Waals surface area contributed by atoms with E-state index in [1.165, 1.54) is 0 Å². The third-order valence-corrected chi connectivity index (χ3v) is 4.80. The van der Waals surface area contributed by atoms with Gasteiger partial charge in [0, 0.05) is 16.0 Å². The summed E-state index contributed by atoms with van der Waals surface area (Å²) in [5.41, 5.74) is 0. The van der Waals surface area contributed by atoms with E-state index in [0.29, 0.717) is 22.9 Å². The molecule has 0 aliphatic heterocycles. The minimum absolute atomic E-state index is 0.201. The summed E-state index contributed by atoms with van der Waals surface area (Å²) in [4.78, 5) is 22.7. The number of carboxylic acid groups (broad SMARTS) is 1. The Balaban J connectivity index is 4.78. The van der Waals surface area contributed by atoms with Crippen LogP contribution in [-0.4, -0.2) is 16.3 Å². The maximum absolute atomic E-state index is 11.4. The molecule has 0 bridgehead atoms. The molecule has 2 atom stereocenters. The molecule has 128 valence electrons. The molecule has 0 saturated heterocycles. The van der Waals surface area contributed by atoms with Gasteiger partial charge >= 0.3 is 5.97 Å². The minimum Gasteiger partial charge on any atom is -0.481 e. The Labute approximate surface area is 148 Å². The molecule has 0 aromatic heterocycles. The average Bonchev–Trinajstić information content (AvgIpc) is 2.46. The van der Waals surface area contributed by atoms with E-state index in [-0.39, 0.29) is 18.8 Å². The number of hydrogen-bond acceptors (Lipinski definition) is 2. The monoisotopic (exact) mass is 370 g/mol. The van der Waals surface area contributed by atoms with Gasteiger partial charge < -0.3 is 5.11 Å². The average molecular weight is 372 g/mol. The lowest BCUT2D eigenvalue weighted by atomic mass is 9.96. The highest BCUT2D eigenvalue weighted by Gasteiger charge is 2.22. The zero-order valence-electron chi connectivity index (χ0n) is 13.2. The maximum atomic E-state index is 11.4. The van der Waals surface area contributed by atoms with E-state index in [4.69, 9.17) is 34.8 Å². The number of carbonyl (C=O) groups is 2. The second-order valence-electron chi connectivity index (χ2n) is 5.54. The van der Waals surface area contributed by atoms with E-state index < -0.39 is 17.1 Å². The molecule has 0 aromatic carbocycles. The number of carbonyl (C=O) groups excluding carboxylic acids is 1. The molecular formula is C16H25Cl3O3. The maximum Gasteiger partial charge on any atom is 0.306 e. The molecule has 0 heterocycles. The first kappa shape index (κ1) is 21.8. The van der Waals surface area contributed by atoms with Crippen LogP contribution >= 0.6 is 34.8 Å². The predicted molar refractivity (Wildman–Crippen MR) is 92.5 cm³/mol. The van der Waals surface area contributed by atoms with Gasteiger partial charge in [0.1, 0.15) is 0 Å². The molecule has 1 N–H and O–H groups in total. The van der Waals surface area contributed by atoms with Crippen LogP contribution in [0.1, 0.15) is 65.2 Å². The first-order chi connectivity index (χ1) is 10.3. The van der Waals surface area contributed by atoms with Crippen molar-refractivity contribution >= 4 is 46.0 Å². The van der Waals surface area contributed by atoms with Crippen molar-refractivity contribution in [2.24, 2.45) is 11.8 Å². The van der Waals surface area contributed by atoms with Crippen molar-refractivity contribution in [2.75, 3.05) is 0 Å². The Hall–Kier alpha value is -0.250. The normalized spacial score (nSPS) is 15.1. The van der Waals surface area contributed by atoms with Gasteiger partial charge in [0.2, 0.25) is 5.24 Å². The molecule has 22 heavy (non-hydrogen) atoms. The molecule has 6 heteroatoms. The van der Waals surface area contributed by atoms with Gasteiger partial charge in [-0.05, 0) is 37.3 Å². The van der Waals surface area contributed by atoms with Gasteiger partial charge in [-0.15, -0.1) is 0 Å². The SMILES string of the molecule is CCCCC(CC(Cl)=C(Cl)CC(CCCC)C(=O)Cl)C(=O)O. The molecule has 0 rings (SSSR count). The van der Waals surface area contributed by atoms with Crippen molar-refractivity contribution < 1.29 is 14.7 Å². The van der Waals surface area contributed by atoms with Gasteiger partial charge in [-0.1, -0.05) is 62.7 Å². The van der Waals surface area contributed by atoms with Gasteiger partial charge in [0.15, 0.2) is 0 Å². The third-order valence-electron chi connectivity index (χ3n) is 3.63. The highest BCUT2D eigenvalue weighted by molar-refractivity contribution is 6.64. The number of rotatable bonds is 12. The Morgan fingerprint density at radius 3 is 1.64 bits per heavy atom. The number of halogens is 3. The molecule has 0 spiro atoms. The summed E-state index contributed by atoms with van der Waals surface area (Å²) < 4.78 is 0. The fourth-order valence-corrected chi connectivity index (χ4v) is 2.88. The quantitative estimate of drug-likeness (QED) is 0.433. The van der Waals surface area contributed by atoms with E-state index in [1.54, 1.807) is 0 Å². The molecule has 0 saturated carbocycles. The van der Waals surface area contributed by atoms with Crippen LogP contribution < -0.4 is 0 Å². The second kappa shape index (κ2) is 12.2. The number of hydrogen-bond donors (Lipinski definition) is 1. The van der Waals surface area contributed by atoms with Crippen LogP contribution in [0.3, 0.4) is 0 Å². The van der Waals surface area contributed by atoms with Crippen molar-refractivity contribution in [1.82, 2.24) is 0 Å². The molecule has 0 aliphatic rings. The van der Waals surface area contributed by atoms with E-state index >= 15 is 0 Å². The lowest BCUT2D eigenvalue weighted by molar-refractivity contribution is -0.141. The van der Waals surface area contributed by atoms with Crippen LogP contribution in [0.5, 0.6) is 0 Å². The molecule has 0 radical (unpaired) electrons. The number of allylic oxidation sites excluding steroid dienone is 2. The zero-order chi connectivity index (χ0) is 17.1. The Bertz CT molecular complexity index is 358. The van der Waals surface area contributed by atoms with Gasteiger partial charge in [0.05, 0.1) is 5.92 Å². The molecule has 0 aliphatic carbocycles. The number of carboxylic acids is 1. The van der Waals surface area contributed by atoms with Gasteiger partial charge in [0.25, 0.3) is 0 Å². The van der Waals surface area contributed by atoms with Crippen molar-refractivity contribution in [3.05, 3.63) is 10.1 Å². The van der Waals surface area contributed by atoms with Crippen molar-refractivity contribution in [1.29, 1.82) is 0 Å². The molecule has 0 aromatic rings. The molecule has 0 amide bonds. The summed E-state index contributed by atoms with van der Waals surface area (Å²) in [6.45, 7) is 4.04. The summed E-state index contributed by atoms with van der Waals surface area (Å²) >= 11 is 17.9. The van der Waals surface area contributed by atoms with Crippen molar-refractivity contribution in [2.45, 2.75) is 65.2 Å². The summed E-state index contributed by atoms with van der Waals surface area (Å²) in [6, 6.07) is 0. The largest absolute Gasteiger partial charge is 0.481 e. The Morgan fingerprint density at radius 2 is 1.27 bits per heavy atom. The topological polar surface area (TPSA) is 54.4 Å². The smallest absolute Gasteiger partial charge is 0.306 e. The first-order valence-electron chi connectivity index (χ1n) is 7.78. The van der Waals surface area contributed by atoms with Crippen molar-refractivity contribution in [3.8, 4) is 0 Å². The van der Waals surface area contributed by atoms with E-state index in [0.717, 1.165) is 25.7 Å². The fraction of sp³-hybridized carbons (Fsp3) is 0.750. The van der Waals surface area contributed by atoms with Crippen LogP contribution in [0, 0.1) is 11.8 Å². The standard InChI is InChI=1S/C16H25Cl3O3/c1-3-5-7-11(15(19)20)9-13(17)14(18)10-12(16(21)22)8-6-4-2/h11-12H,3-10H2,1-2H3,(H,21,22). The molecule has 0 fully saturated rings.